The Hall–Kier alpha value is -1.15. The molecule has 2 amide bonds. The van der Waals surface area contributed by atoms with E-state index in [1.54, 1.807) is 13.8 Å². The van der Waals surface area contributed by atoms with E-state index in [2.05, 4.69) is 10.6 Å². The van der Waals surface area contributed by atoms with Gasteiger partial charge >= 0.3 is 0 Å². The molecule has 1 rings (SSSR count). The lowest BCUT2D eigenvalue weighted by Gasteiger charge is -2.32. The molecule has 0 aromatic rings. The molecule has 0 spiro atoms. The smallest absolute Gasteiger partial charge is 0.268 e. The molecule has 0 saturated heterocycles. The van der Waals surface area contributed by atoms with E-state index >= 15 is 0 Å². The van der Waals surface area contributed by atoms with Crippen LogP contribution in [0.15, 0.2) is 0 Å². The lowest BCUT2D eigenvalue weighted by Crippen LogP contribution is -2.47. The quantitative estimate of drug-likeness (QED) is 0.616. The lowest BCUT2D eigenvalue weighted by molar-refractivity contribution is -0.130. The molecule has 3 unspecified atom stereocenters. The van der Waals surface area contributed by atoms with E-state index in [1.165, 1.54) is 0 Å². The first kappa shape index (κ1) is 16.9. The minimum absolute atomic E-state index is 0.0214. The molecule has 0 aromatic carbocycles. The standard InChI is InChI=1S/C12H22N2O5S/c1-3-13-11(15)8-5-6-9(12(16)14-4-2)10(7-8)20(17,18)19/h8-10H,3-7H2,1-2H3,(H,13,15)(H,14,16)(H,17,18,19). The monoisotopic (exact) mass is 306 g/mol. The number of carbonyl (C=O) groups is 2. The summed E-state index contributed by atoms with van der Waals surface area (Å²) in [5, 5.41) is 4.00. The zero-order chi connectivity index (χ0) is 15.3. The Morgan fingerprint density at radius 3 is 2.15 bits per heavy atom. The Balaban J connectivity index is 2.87. The third-order valence-electron chi connectivity index (χ3n) is 3.58. The van der Waals surface area contributed by atoms with E-state index in [0.717, 1.165) is 0 Å². The first-order valence-corrected chi connectivity index (χ1v) is 8.33. The summed E-state index contributed by atoms with van der Waals surface area (Å²) < 4.78 is 32.3. The Morgan fingerprint density at radius 2 is 1.65 bits per heavy atom. The highest BCUT2D eigenvalue weighted by atomic mass is 32.2. The van der Waals surface area contributed by atoms with Crippen LogP contribution in [0.1, 0.15) is 33.1 Å². The van der Waals surface area contributed by atoms with Gasteiger partial charge in [-0.3, -0.25) is 14.1 Å². The maximum Gasteiger partial charge on any atom is 0.268 e. The van der Waals surface area contributed by atoms with Crippen LogP contribution in [0.5, 0.6) is 0 Å². The average molecular weight is 306 g/mol. The van der Waals surface area contributed by atoms with Crippen molar-refractivity contribution in [3.63, 3.8) is 0 Å². The summed E-state index contributed by atoms with van der Waals surface area (Å²) in [6, 6.07) is 0. The van der Waals surface area contributed by atoms with Crippen LogP contribution in [-0.4, -0.2) is 43.1 Å². The second-order valence-corrected chi connectivity index (χ2v) is 6.59. The summed E-state index contributed by atoms with van der Waals surface area (Å²) in [5.41, 5.74) is 0. The van der Waals surface area contributed by atoms with Gasteiger partial charge in [-0.2, -0.15) is 8.42 Å². The summed E-state index contributed by atoms with van der Waals surface area (Å²) >= 11 is 0. The first-order valence-electron chi connectivity index (χ1n) is 6.82. The average Bonchev–Trinajstić information content (AvgIpc) is 2.37. The van der Waals surface area contributed by atoms with Crippen molar-refractivity contribution in [3.05, 3.63) is 0 Å². The zero-order valence-corrected chi connectivity index (χ0v) is 12.6. The molecule has 0 aliphatic heterocycles. The minimum atomic E-state index is -4.36. The molecule has 3 N–H and O–H groups in total. The van der Waals surface area contributed by atoms with Crippen molar-refractivity contribution in [2.24, 2.45) is 11.8 Å². The van der Waals surface area contributed by atoms with Gasteiger partial charge in [0, 0.05) is 19.0 Å². The first-order chi connectivity index (χ1) is 9.31. The summed E-state index contributed by atoms with van der Waals surface area (Å²) in [6.45, 7) is 4.37. The van der Waals surface area contributed by atoms with Gasteiger partial charge < -0.3 is 10.6 Å². The van der Waals surface area contributed by atoms with Crippen LogP contribution in [0.25, 0.3) is 0 Å². The van der Waals surface area contributed by atoms with Gasteiger partial charge in [0.1, 0.15) is 0 Å². The predicted molar refractivity (Wildman–Crippen MR) is 73.5 cm³/mol. The third-order valence-corrected chi connectivity index (χ3v) is 4.87. The van der Waals surface area contributed by atoms with Crippen molar-refractivity contribution in [2.45, 2.75) is 38.4 Å². The molecule has 1 aliphatic rings. The van der Waals surface area contributed by atoms with E-state index in [-0.39, 0.29) is 24.7 Å². The molecule has 3 atom stereocenters. The highest BCUT2D eigenvalue weighted by Gasteiger charge is 2.43. The van der Waals surface area contributed by atoms with Crippen LogP contribution in [0.2, 0.25) is 0 Å². The Bertz CT molecular complexity index is 462. The van der Waals surface area contributed by atoms with E-state index < -0.39 is 27.2 Å². The molecule has 7 nitrogen and oxygen atoms in total. The molecule has 8 heteroatoms. The Labute approximate surface area is 119 Å². The van der Waals surface area contributed by atoms with E-state index in [0.29, 0.717) is 19.5 Å². The minimum Gasteiger partial charge on any atom is -0.356 e. The maximum absolute atomic E-state index is 11.9. The fourth-order valence-electron chi connectivity index (χ4n) is 2.62. The fourth-order valence-corrected chi connectivity index (χ4v) is 3.77. The van der Waals surface area contributed by atoms with Crippen LogP contribution >= 0.6 is 0 Å². The molecule has 1 fully saturated rings. The van der Waals surface area contributed by atoms with Gasteiger partial charge in [-0.1, -0.05) is 0 Å². The van der Waals surface area contributed by atoms with Crippen molar-refractivity contribution in [2.75, 3.05) is 13.1 Å². The van der Waals surface area contributed by atoms with Crippen LogP contribution in [-0.2, 0) is 19.7 Å². The molecule has 1 saturated carbocycles. The third kappa shape index (κ3) is 4.17. The molecule has 0 bridgehead atoms. The van der Waals surface area contributed by atoms with E-state index in [4.69, 9.17) is 0 Å². The normalized spacial score (nSPS) is 26.9. The molecule has 0 heterocycles. The van der Waals surface area contributed by atoms with E-state index in [1.807, 2.05) is 0 Å². The fraction of sp³-hybridized carbons (Fsp3) is 0.833. The summed E-state index contributed by atoms with van der Waals surface area (Å²) in [6.07, 6.45) is 0.699. The number of rotatable bonds is 5. The topological polar surface area (TPSA) is 113 Å². The Morgan fingerprint density at radius 1 is 1.10 bits per heavy atom. The van der Waals surface area contributed by atoms with Crippen molar-refractivity contribution in [1.82, 2.24) is 10.6 Å². The van der Waals surface area contributed by atoms with Gasteiger partial charge in [-0.05, 0) is 33.1 Å². The highest BCUT2D eigenvalue weighted by molar-refractivity contribution is 7.86. The van der Waals surface area contributed by atoms with Gasteiger partial charge in [0.15, 0.2) is 0 Å². The second-order valence-electron chi connectivity index (χ2n) is 4.96. The van der Waals surface area contributed by atoms with Crippen molar-refractivity contribution in [1.29, 1.82) is 0 Å². The van der Waals surface area contributed by atoms with Crippen LogP contribution < -0.4 is 10.6 Å². The largest absolute Gasteiger partial charge is 0.356 e. The van der Waals surface area contributed by atoms with Gasteiger partial charge in [-0.15, -0.1) is 0 Å². The highest BCUT2D eigenvalue weighted by Crippen LogP contribution is 2.33. The number of hydrogen-bond acceptors (Lipinski definition) is 4. The molecule has 0 aromatic heterocycles. The number of carbonyl (C=O) groups excluding carboxylic acids is 2. The van der Waals surface area contributed by atoms with Gasteiger partial charge in [0.2, 0.25) is 11.8 Å². The molecule has 0 radical (unpaired) electrons. The molecular weight excluding hydrogens is 284 g/mol. The van der Waals surface area contributed by atoms with E-state index in [9.17, 15) is 22.6 Å². The van der Waals surface area contributed by atoms with Crippen LogP contribution in [0.3, 0.4) is 0 Å². The summed E-state index contributed by atoms with van der Waals surface area (Å²) in [7, 11) is -4.36. The van der Waals surface area contributed by atoms with Gasteiger partial charge in [-0.25, -0.2) is 0 Å². The SMILES string of the molecule is CCNC(=O)C1CCC(C(=O)NCC)C(S(=O)(=O)O)C1. The Kier molecular flexibility index (Phi) is 5.94. The lowest BCUT2D eigenvalue weighted by atomic mass is 9.80. The van der Waals surface area contributed by atoms with Crippen LogP contribution in [0.4, 0.5) is 0 Å². The summed E-state index contributed by atoms with van der Waals surface area (Å²) in [4.78, 5) is 23.7. The molecule has 20 heavy (non-hydrogen) atoms. The van der Waals surface area contributed by atoms with Gasteiger partial charge in [0.25, 0.3) is 10.1 Å². The summed E-state index contributed by atoms with van der Waals surface area (Å²) in [5.74, 6) is -1.89. The predicted octanol–water partition coefficient (Wildman–Crippen LogP) is -0.0687. The van der Waals surface area contributed by atoms with Gasteiger partial charge in [0.05, 0.1) is 11.2 Å². The number of amides is 2. The van der Waals surface area contributed by atoms with Crippen molar-refractivity contribution in [3.8, 4) is 0 Å². The van der Waals surface area contributed by atoms with Crippen molar-refractivity contribution < 1.29 is 22.6 Å². The molecule has 1 aliphatic carbocycles. The van der Waals surface area contributed by atoms with Crippen LogP contribution in [0, 0.1) is 11.8 Å². The molecular formula is C12H22N2O5S. The molecule has 116 valence electrons. The second kappa shape index (κ2) is 7.03. The number of hydrogen-bond donors (Lipinski definition) is 3. The maximum atomic E-state index is 11.9. The number of nitrogens with one attached hydrogen (secondary N) is 2. The van der Waals surface area contributed by atoms with Crippen molar-refractivity contribution >= 4 is 21.9 Å². The zero-order valence-electron chi connectivity index (χ0n) is 11.8.